The minimum Gasteiger partial charge on any atom is -0.467 e. The lowest BCUT2D eigenvalue weighted by molar-refractivity contribution is -0.117. The van der Waals surface area contributed by atoms with Crippen LogP contribution >= 0.6 is 0 Å². The normalized spacial score (nSPS) is 15.6. The van der Waals surface area contributed by atoms with Crippen LogP contribution in [-0.4, -0.2) is 36.3 Å². The lowest BCUT2D eigenvalue weighted by Crippen LogP contribution is -2.38. The molecule has 0 radical (unpaired) electrons. The van der Waals surface area contributed by atoms with E-state index in [1.165, 1.54) is 0 Å². The van der Waals surface area contributed by atoms with Crippen LogP contribution in [0.2, 0.25) is 0 Å². The zero-order valence-electron chi connectivity index (χ0n) is 15.0. The van der Waals surface area contributed by atoms with E-state index in [0.29, 0.717) is 30.1 Å². The van der Waals surface area contributed by atoms with Crippen LogP contribution in [0.25, 0.3) is 0 Å². The van der Waals surface area contributed by atoms with Crippen molar-refractivity contribution in [1.29, 1.82) is 0 Å². The van der Waals surface area contributed by atoms with Crippen molar-refractivity contribution in [2.75, 3.05) is 25.0 Å². The fourth-order valence-corrected chi connectivity index (χ4v) is 3.04. The van der Waals surface area contributed by atoms with Gasteiger partial charge in [-0.1, -0.05) is 13.0 Å². The Morgan fingerprint density at radius 3 is 2.73 bits per heavy atom. The minimum absolute atomic E-state index is 0.0484. The Labute approximate surface area is 153 Å². The lowest BCUT2D eigenvalue weighted by Gasteiger charge is -2.29. The number of rotatable bonds is 6. The van der Waals surface area contributed by atoms with E-state index in [9.17, 15) is 9.59 Å². The summed E-state index contributed by atoms with van der Waals surface area (Å²) in [6.45, 7) is 4.89. The number of nitrogens with one attached hydrogen (secondary N) is 2. The first-order valence-corrected chi connectivity index (χ1v) is 9.03. The molecule has 1 aliphatic heterocycles. The molecule has 2 aromatic rings. The zero-order valence-corrected chi connectivity index (χ0v) is 15.0. The van der Waals surface area contributed by atoms with E-state index in [-0.39, 0.29) is 11.8 Å². The second kappa shape index (κ2) is 8.67. The quantitative estimate of drug-likeness (QED) is 0.836. The topological polar surface area (TPSA) is 74.6 Å². The third kappa shape index (κ3) is 5.20. The van der Waals surface area contributed by atoms with Gasteiger partial charge in [0.25, 0.3) is 5.91 Å². The van der Waals surface area contributed by atoms with Crippen molar-refractivity contribution in [1.82, 2.24) is 10.2 Å². The van der Waals surface area contributed by atoms with Crippen molar-refractivity contribution in [2.24, 2.45) is 5.92 Å². The van der Waals surface area contributed by atoms with Crippen LogP contribution in [0, 0.1) is 5.92 Å². The Morgan fingerprint density at radius 2 is 2.00 bits per heavy atom. The number of benzene rings is 1. The molecule has 1 aromatic heterocycles. The maximum Gasteiger partial charge on any atom is 0.251 e. The van der Waals surface area contributed by atoms with Gasteiger partial charge in [-0.3, -0.25) is 14.5 Å². The maximum absolute atomic E-state index is 12.3. The fraction of sp³-hybridized carbons (Fsp3) is 0.400. The van der Waals surface area contributed by atoms with Crippen molar-refractivity contribution in [2.45, 2.75) is 26.3 Å². The Kier molecular flexibility index (Phi) is 6.07. The molecule has 2 N–H and O–H groups in total. The van der Waals surface area contributed by atoms with Gasteiger partial charge in [0.15, 0.2) is 0 Å². The highest BCUT2D eigenvalue weighted by Crippen LogP contribution is 2.16. The summed E-state index contributed by atoms with van der Waals surface area (Å²) in [6.07, 6.45) is 3.85. The summed E-state index contributed by atoms with van der Waals surface area (Å²) in [6, 6.07) is 10.5. The molecular weight excluding hydrogens is 330 g/mol. The average molecular weight is 355 g/mol. The minimum atomic E-state index is -0.206. The molecule has 0 spiro atoms. The number of hydrogen-bond acceptors (Lipinski definition) is 4. The van der Waals surface area contributed by atoms with Gasteiger partial charge in [0, 0.05) is 11.3 Å². The van der Waals surface area contributed by atoms with E-state index in [1.54, 1.807) is 42.7 Å². The first-order chi connectivity index (χ1) is 12.6. The van der Waals surface area contributed by atoms with Gasteiger partial charge in [-0.05, 0) is 62.2 Å². The Morgan fingerprint density at radius 1 is 1.19 bits per heavy atom. The van der Waals surface area contributed by atoms with E-state index in [0.717, 1.165) is 31.8 Å². The number of carbonyl (C=O) groups is 2. The predicted molar refractivity (Wildman–Crippen MR) is 99.8 cm³/mol. The molecule has 2 heterocycles. The predicted octanol–water partition coefficient (Wildman–Crippen LogP) is 2.88. The number of anilines is 1. The van der Waals surface area contributed by atoms with Crippen LogP contribution in [0.15, 0.2) is 47.1 Å². The summed E-state index contributed by atoms with van der Waals surface area (Å²) < 4.78 is 5.20. The standard InChI is InChI=1S/C20H25N3O3/c1-15-7-9-23(10-8-15)14-19(24)22-17-5-2-4-16(12-17)20(25)21-13-18-6-3-11-26-18/h2-6,11-12,15H,7-10,13-14H2,1H3,(H,21,25)(H,22,24). The molecule has 6 heteroatoms. The number of piperidine rings is 1. The van der Waals surface area contributed by atoms with Gasteiger partial charge < -0.3 is 15.1 Å². The van der Waals surface area contributed by atoms with E-state index in [4.69, 9.17) is 4.42 Å². The highest BCUT2D eigenvalue weighted by atomic mass is 16.3. The molecule has 0 aliphatic carbocycles. The third-order valence-electron chi connectivity index (χ3n) is 4.66. The van der Waals surface area contributed by atoms with Gasteiger partial charge in [0.05, 0.1) is 19.4 Å². The average Bonchev–Trinajstić information content (AvgIpc) is 3.15. The monoisotopic (exact) mass is 355 g/mol. The molecule has 6 nitrogen and oxygen atoms in total. The Bertz CT molecular complexity index is 735. The lowest BCUT2D eigenvalue weighted by atomic mass is 9.99. The van der Waals surface area contributed by atoms with Crippen LogP contribution in [0.5, 0.6) is 0 Å². The van der Waals surface area contributed by atoms with Crippen molar-refractivity contribution in [3.63, 3.8) is 0 Å². The van der Waals surface area contributed by atoms with Gasteiger partial charge in [0.2, 0.25) is 5.91 Å². The van der Waals surface area contributed by atoms with Crippen LogP contribution in [-0.2, 0) is 11.3 Å². The highest BCUT2D eigenvalue weighted by molar-refractivity contribution is 5.97. The van der Waals surface area contributed by atoms with E-state index < -0.39 is 0 Å². The number of furan rings is 1. The molecule has 138 valence electrons. The van der Waals surface area contributed by atoms with E-state index in [2.05, 4.69) is 22.5 Å². The molecular formula is C20H25N3O3. The van der Waals surface area contributed by atoms with Gasteiger partial charge >= 0.3 is 0 Å². The number of nitrogens with zero attached hydrogens (tertiary/aromatic N) is 1. The van der Waals surface area contributed by atoms with Crippen molar-refractivity contribution >= 4 is 17.5 Å². The molecule has 1 aromatic carbocycles. The Hall–Kier alpha value is -2.60. The summed E-state index contributed by atoms with van der Waals surface area (Å²) in [4.78, 5) is 26.7. The van der Waals surface area contributed by atoms with Crippen LogP contribution in [0.1, 0.15) is 35.9 Å². The van der Waals surface area contributed by atoms with Crippen LogP contribution in [0.3, 0.4) is 0 Å². The van der Waals surface area contributed by atoms with Crippen LogP contribution < -0.4 is 10.6 Å². The number of likely N-dealkylation sites (tertiary alicyclic amines) is 1. The maximum atomic E-state index is 12.3. The molecule has 0 unspecified atom stereocenters. The summed E-state index contributed by atoms with van der Waals surface area (Å²) in [7, 11) is 0. The summed E-state index contributed by atoms with van der Waals surface area (Å²) >= 11 is 0. The molecule has 0 atom stereocenters. The van der Waals surface area contributed by atoms with Gasteiger partial charge in [-0.2, -0.15) is 0 Å². The van der Waals surface area contributed by atoms with Gasteiger partial charge in [-0.15, -0.1) is 0 Å². The molecule has 3 rings (SSSR count). The summed E-state index contributed by atoms with van der Waals surface area (Å²) in [5, 5.41) is 5.68. The molecule has 0 bridgehead atoms. The van der Waals surface area contributed by atoms with Gasteiger partial charge in [-0.25, -0.2) is 0 Å². The SMILES string of the molecule is CC1CCN(CC(=O)Nc2cccc(C(=O)NCc3ccco3)c2)CC1. The van der Waals surface area contributed by atoms with E-state index >= 15 is 0 Å². The summed E-state index contributed by atoms with van der Waals surface area (Å²) in [5.41, 5.74) is 1.13. The number of carbonyl (C=O) groups excluding carboxylic acids is 2. The van der Waals surface area contributed by atoms with Crippen molar-refractivity contribution < 1.29 is 14.0 Å². The molecule has 2 amide bonds. The Balaban J connectivity index is 1.51. The smallest absolute Gasteiger partial charge is 0.251 e. The fourth-order valence-electron chi connectivity index (χ4n) is 3.04. The second-order valence-electron chi connectivity index (χ2n) is 6.85. The van der Waals surface area contributed by atoms with Crippen LogP contribution in [0.4, 0.5) is 5.69 Å². The molecule has 1 fully saturated rings. The van der Waals surface area contributed by atoms with Crippen molar-refractivity contribution in [3.05, 3.63) is 54.0 Å². The third-order valence-corrected chi connectivity index (χ3v) is 4.66. The molecule has 26 heavy (non-hydrogen) atoms. The molecule has 1 aliphatic rings. The second-order valence-corrected chi connectivity index (χ2v) is 6.85. The van der Waals surface area contributed by atoms with Crippen molar-refractivity contribution in [3.8, 4) is 0 Å². The summed E-state index contributed by atoms with van der Waals surface area (Å²) in [5.74, 6) is 1.18. The first kappa shape index (κ1) is 18.2. The van der Waals surface area contributed by atoms with E-state index in [1.807, 2.05) is 0 Å². The molecule has 0 saturated carbocycles. The highest BCUT2D eigenvalue weighted by Gasteiger charge is 2.18. The van der Waals surface area contributed by atoms with Gasteiger partial charge in [0.1, 0.15) is 5.76 Å². The zero-order chi connectivity index (χ0) is 18.4. The number of amides is 2. The first-order valence-electron chi connectivity index (χ1n) is 9.03. The number of hydrogen-bond donors (Lipinski definition) is 2. The largest absolute Gasteiger partial charge is 0.467 e. The molecule has 1 saturated heterocycles.